The summed E-state index contributed by atoms with van der Waals surface area (Å²) in [6, 6.07) is 8.64. The van der Waals surface area contributed by atoms with Crippen LogP contribution < -0.4 is 10.4 Å². The molecule has 4 aromatic rings. The molecule has 0 spiro atoms. The largest absolute Gasteiger partial charge is 0.573 e. The van der Waals surface area contributed by atoms with Crippen LogP contribution in [0.1, 0.15) is 24.7 Å². The highest BCUT2D eigenvalue weighted by atomic mass is 35.5. The Kier molecular flexibility index (Phi) is 8.40. The Morgan fingerprint density at radius 2 is 1.66 bits per heavy atom. The van der Waals surface area contributed by atoms with Crippen molar-refractivity contribution < 1.29 is 41.3 Å². The van der Waals surface area contributed by atoms with Crippen LogP contribution in [-0.4, -0.2) is 58.0 Å². The number of aliphatic hydroxyl groups excluding tert-OH is 2. The first-order chi connectivity index (χ1) is 19.0. The highest BCUT2D eigenvalue weighted by Crippen LogP contribution is 2.31. The number of alkyl halides is 6. The van der Waals surface area contributed by atoms with Crippen LogP contribution in [0.25, 0.3) is 17.1 Å². The molecular weight excluding hydrogens is 609 g/mol. The third-order valence-corrected chi connectivity index (χ3v) is 6.04. The molecule has 0 saturated carbocycles. The van der Waals surface area contributed by atoms with Gasteiger partial charge < -0.3 is 14.9 Å². The molecule has 41 heavy (non-hydrogen) atoms. The van der Waals surface area contributed by atoms with Crippen molar-refractivity contribution in [3.63, 3.8) is 0 Å². The van der Waals surface area contributed by atoms with Crippen LogP contribution in [0.2, 0.25) is 10.0 Å². The molecule has 18 heteroatoms. The lowest BCUT2D eigenvalue weighted by Crippen LogP contribution is -2.37. The second-order valence-corrected chi connectivity index (χ2v) is 9.42. The Hall–Kier alpha value is -3.60. The van der Waals surface area contributed by atoms with Crippen molar-refractivity contribution in [3.05, 3.63) is 74.6 Å². The Labute approximate surface area is 235 Å². The van der Waals surface area contributed by atoms with E-state index in [-0.39, 0.29) is 33.7 Å². The van der Waals surface area contributed by atoms with Gasteiger partial charge in [-0.3, -0.25) is 4.57 Å². The fourth-order valence-electron chi connectivity index (χ4n) is 3.67. The van der Waals surface area contributed by atoms with E-state index < -0.39 is 49.3 Å². The quantitative estimate of drug-likeness (QED) is 0.276. The minimum Gasteiger partial charge on any atom is -0.406 e. The Morgan fingerprint density at radius 1 is 1.00 bits per heavy atom. The molecule has 2 aromatic heterocycles. The zero-order valence-corrected chi connectivity index (χ0v) is 22.0. The number of halogens is 8. The summed E-state index contributed by atoms with van der Waals surface area (Å²) < 4.78 is 83.2. The summed E-state index contributed by atoms with van der Waals surface area (Å²) >= 11 is 12.0. The molecule has 0 unspecified atom stereocenters. The van der Waals surface area contributed by atoms with Crippen molar-refractivity contribution in [1.29, 1.82) is 0 Å². The summed E-state index contributed by atoms with van der Waals surface area (Å²) in [5.74, 6) is -1.10. The predicted octanol–water partition coefficient (Wildman–Crippen LogP) is 4.52. The third-order valence-electron chi connectivity index (χ3n) is 5.48. The van der Waals surface area contributed by atoms with Gasteiger partial charge in [0, 0.05) is 16.7 Å². The number of aliphatic hydroxyl groups is 2. The maximum atomic E-state index is 13.1. The van der Waals surface area contributed by atoms with Crippen molar-refractivity contribution in [1.82, 2.24) is 29.1 Å². The lowest BCUT2D eigenvalue weighted by atomic mass is 10.2. The van der Waals surface area contributed by atoms with Gasteiger partial charge in [-0.05, 0) is 43.3 Å². The summed E-state index contributed by atoms with van der Waals surface area (Å²) in [4.78, 5) is 17.3. The van der Waals surface area contributed by atoms with Gasteiger partial charge in [0.25, 0.3) is 0 Å². The van der Waals surface area contributed by atoms with E-state index in [4.69, 9.17) is 23.2 Å². The predicted molar refractivity (Wildman–Crippen MR) is 132 cm³/mol. The van der Waals surface area contributed by atoms with E-state index in [2.05, 4.69) is 19.9 Å². The van der Waals surface area contributed by atoms with E-state index in [1.54, 1.807) is 0 Å². The number of benzene rings is 2. The molecule has 2 atom stereocenters. The van der Waals surface area contributed by atoms with Gasteiger partial charge in [-0.2, -0.15) is 13.2 Å². The first-order valence-corrected chi connectivity index (χ1v) is 12.2. The molecule has 220 valence electrons. The number of hydrogen-bond acceptors (Lipinski definition) is 7. The minimum absolute atomic E-state index is 0.00358. The normalized spacial score (nSPS) is 13.8. The van der Waals surface area contributed by atoms with Crippen LogP contribution in [-0.2, 0) is 13.1 Å². The summed E-state index contributed by atoms with van der Waals surface area (Å²) in [5, 5.41) is 28.2. The van der Waals surface area contributed by atoms with Crippen molar-refractivity contribution in [3.8, 4) is 22.8 Å². The Balaban J connectivity index is 1.74. The third kappa shape index (κ3) is 7.01. The fraction of sp³-hybridized carbons (Fsp3) is 0.304. The van der Waals surface area contributed by atoms with E-state index in [0.29, 0.717) is 9.59 Å². The van der Waals surface area contributed by atoms with Gasteiger partial charge >= 0.3 is 18.2 Å². The monoisotopic (exact) mass is 626 g/mol. The molecule has 10 nitrogen and oxygen atoms in total. The number of ether oxygens (including phenoxy) is 1. The lowest BCUT2D eigenvalue weighted by molar-refractivity contribution is -0.274. The Morgan fingerprint density at radius 3 is 2.22 bits per heavy atom. The van der Waals surface area contributed by atoms with Gasteiger partial charge in [0.15, 0.2) is 23.6 Å². The molecule has 4 rings (SSSR count). The van der Waals surface area contributed by atoms with Crippen LogP contribution >= 0.6 is 23.2 Å². The molecule has 0 radical (unpaired) electrons. The molecule has 0 saturated heterocycles. The van der Waals surface area contributed by atoms with Gasteiger partial charge in [0.1, 0.15) is 18.4 Å². The first-order valence-electron chi connectivity index (χ1n) is 11.4. The highest BCUT2D eigenvalue weighted by Gasteiger charge is 2.39. The number of rotatable bonds is 8. The first kappa shape index (κ1) is 30.4. The lowest BCUT2D eigenvalue weighted by Gasteiger charge is -2.15. The van der Waals surface area contributed by atoms with Crippen molar-refractivity contribution in [2.24, 2.45) is 0 Å². The van der Waals surface area contributed by atoms with Gasteiger partial charge in [0.2, 0.25) is 0 Å². The van der Waals surface area contributed by atoms with Crippen LogP contribution in [0, 0.1) is 0 Å². The smallest absolute Gasteiger partial charge is 0.406 e. The number of hydrogen-bond donors (Lipinski definition) is 2. The average molecular weight is 627 g/mol. The summed E-state index contributed by atoms with van der Waals surface area (Å²) in [6.45, 7) is -0.353. The second-order valence-electron chi connectivity index (χ2n) is 8.57. The molecule has 0 aliphatic rings. The molecule has 0 bridgehead atoms. The second kappa shape index (κ2) is 11.3. The van der Waals surface area contributed by atoms with Crippen molar-refractivity contribution >= 4 is 23.2 Å². The number of aromatic nitrogens is 6. The molecule has 0 aliphatic carbocycles. The van der Waals surface area contributed by atoms with Crippen LogP contribution in [0.4, 0.5) is 26.3 Å². The van der Waals surface area contributed by atoms with Gasteiger partial charge in [-0.25, -0.2) is 19.1 Å². The van der Waals surface area contributed by atoms with Crippen LogP contribution in [0.5, 0.6) is 5.75 Å². The molecule has 2 N–H and O–H groups in total. The SMILES string of the molecule is C[C@H](O)c1nc(Cn2nc(-c3ccc(Cl)cc3)n(C[C@H](O)C(F)(F)F)c2=O)nn1-c1ccc(OC(F)(F)F)cc1Cl. The minimum atomic E-state index is -5.02. The molecule has 0 amide bonds. The standard InChI is InChI=1S/C23H18Cl2F6N6O4/c1-11(38)19-32-18(33-37(19)16-7-6-14(8-15(16)25)41-23(29,30)31)10-36-21(40)35(9-17(39)22(26,27)28)20(34-36)12-2-4-13(24)5-3-12/h2-8,11,17,38-39H,9-10H2,1H3/t11-,17-/m0/s1. The van der Waals surface area contributed by atoms with Crippen LogP contribution in [0.3, 0.4) is 0 Å². The maximum absolute atomic E-state index is 13.1. The topological polar surface area (TPSA) is 120 Å². The average Bonchev–Trinajstić information content (AvgIpc) is 3.40. The summed E-state index contributed by atoms with van der Waals surface area (Å²) in [6.07, 6.45) is -14.1. The van der Waals surface area contributed by atoms with E-state index in [1.807, 2.05) is 0 Å². The van der Waals surface area contributed by atoms with Gasteiger partial charge in [-0.15, -0.1) is 23.4 Å². The maximum Gasteiger partial charge on any atom is 0.573 e. The molecule has 2 heterocycles. The zero-order valence-electron chi connectivity index (χ0n) is 20.5. The summed E-state index contributed by atoms with van der Waals surface area (Å²) in [7, 11) is 0. The van der Waals surface area contributed by atoms with E-state index in [1.165, 1.54) is 31.2 Å². The molecule has 2 aromatic carbocycles. The molecule has 0 aliphatic heterocycles. The molecule has 0 fully saturated rings. The van der Waals surface area contributed by atoms with Gasteiger partial charge in [-0.1, -0.05) is 23.2 Å². The van der Waals surface area contributed by atoms with E-state index >= 15 is 0 Å². The fourth-order valence-corrected chi connectivity index (χ4v) is 4.05. The van der Waals surface area contributed by atoms with Gasteiger partial charge in [0.05, 0.1) is 17.3 Å². The zero-order chi connectivity index (χ0) is 30.3. The van der Waals surface area contributed by atoms with Crippen molar-refractivity contribution in [2.75, 3.05) is 0 Å². The Bertz CT molecular complexity index is 1600. The summed E-state index contributed by atoms with van der Waals surface area (Å²) in [5.41, 5.74) is -0.820. The highest BCUT2D eigenvalue weighted by molar-refractivity contribution is 6.32. The van der Waals surface area contributed by atoms with E-state index in [0.717, 1.165) is 27.6 Å². The number of nitrogens with zero attached hydrogens (tertiary/aromatic N) is 6. The van der Waals surface area contributed by atoms with E-state index in [9.17, 15) is 41.4 Å². The van der Waals surface area contributed by atoms with Crippen LogP contribution in [0.15, 0.2) is 47.3 Å². The van der Waals surface area contributed by atoms with Crippen molar-refractivity contribution in [2.45, 2.75) is 44.8 Å². The molecular formula is C23H18Cl2F6N6O4.